The second-order valence-electron chi connectivity index (χ2n) is 4.65. The van der Waals surface area contributed by atoms with Gasteiger partial charge >= 0.3 is 0 Å². The highest BCUT2D eigenvalue weighted by Gasteiger charge is 2.19. The SMILES string of the molecule is CCCC(=O)NCC1CCCN(CCN)C1. The van der Waals surface area contributed by atoms with Crippen molar-refractivity contribution in [1.82, 2.24) is 10.2 Å². The van der Waals surface area contributed by atoms with E-state index in [-0.39, 0.29) is 5.91 Å². The van der Waals surface area contributed by atoms with Gasteiger partial charge in [-0.1, -0.05) is 6.92 Å². The molecule has 4 nitrogen and oxygen atoms in total. The highest BCUT2D eigenvalue weighted by atomic mass is 16.1. The van der Waals surface area contributed by atoms with Crippen molar-refractivity contribution >= 4 is 5.91 Å². The van der Waals surface area contributed by atoms with E-state index in [4.69, 9.17) is 5.73 Å². The number of nitrogens with one attached hydrogen (secondary N) is 1. The molecule has 4 heteroatoms. The Morgan fingerprint density at radius 2 is 2.38 bits per heavy atom. The van der Waals surface area contributed by atoms with Crippen LogP contribution >= 0.6 is 0 Å². The normalized spacial score (nSPS) is 22.0. The molecule has 0 aromatic carbocycles. The zero-order chi connectivity index (χ0) is 11.8. The van der Waals surface area contributed by atoms with Gasteiger partial charge in [-0.2, -0.15) is 0 Å². The van der Waals surface area contributed by atoms with E-state index in [0.29, 0.717) is 12.3 Å². The lowest BCUT2D eigenvalue weighted by Gasteiger charge is -2.32. The maximum atomic E-state index is 11.3. The zero-order valence-corrected chi connectivity index (χ0v) is 10.4. The predicted molar refractivity (Wildman–Crippen MR) is 66.1 cm³/mol. The van der Waals surface area contributed by atoms with Crippen molar-refractivity contribution in [3.63, 3.8) is 0 Å². The standard InChI is InChI=1S/C12H25N3O/c1-2-4-12(16)14-9-11-5-3-7-15(10-11)8-6-13/h11H,2-10,13H2,1H3,(H,14,16). The number of rotatable bonds is 6. The highest BCUT2D eigenvalue weighted by molar-refractivity contribution is 5.75. The second kappa shape index (κ2) is 7.63. The third-order valence-electron chi connectivity index (χ3n) is 3.11. The van der Waals surface area contributed by atoms with Gasteiger partial charge in [0.15, 0.2) is 0 Å². The molecule has 0 aromatic heterocycles. The predicted octanol–water partition coefficient (Wildman–Crippen LogP) is 0.573. The first kappa shape index (κ1) is 13.5. The number of likely N-dealkylation sites (tertiary alicyclic amines) is 1. The molecule has 0 saturated carbocycles. The fraction of sp³-hybridized carbons (Fsp3) is 0.917. The van der Waals surface area contributed by atoms with E-state index >= 15 is 0 Å². The maximum absolute atomic E-state index is 11.3. The summed E-state index contributed by atoms with van der Waals surface area (Å²) in [6.07, 6.45) is 4.04. The molecule has 0 spiro atoms. The third kappa shape index (κ3) is 4.94. The zero-order valence-electron chi connectivity index (χ0n) is 10.4. The number of piperidine rings is 1. The molecule has 1 unspecified atom stereocenters. The monoisotopic (exact) mass is 227 g/mol. The van der Waals surface area contributed by atoms with Crippen molar-refractivity contribution < 1.29 is 4.79 Å². The van der Waals surface area contributed by atoms with Crippen molar-refractivity contribution in [2.75, 3.05) is 32.7 Å². The van der Waals surface area contributed by atoms with Crippen molar-refractivity contribution in [1.29, 1.82) is 0 Å². The Balaban J connectivity index is 2.18. The Bertz CT molecular complexity index is 206. The molecule has 1 fully saturated rings. The largest absolute Gasteiger partial charge is 0.356 e. The number of nitrogens with zero attached hydrogens (tertiary/aromatic N) is 1. The minimum absolute atomic E-state index is 0.193. The molecule has 16 heavy (non-hydrogen) atoms. The first-order chi connectivity index (χ1) is 7.76. The van der Waals surface area contributed by atoms with Gasteiger partial charge in [0.05, 0.1) is 0 Å². The summed E-state index contributed by atoms with van der Waals surface area (Å²) in [7, 11) is 0. The van der Waals surface area contributed by atoms with Gasteiger partial charge in [0.25, 0.3) is 0 Å². The number of hydrogen-bond donors (Lipinski definition) is 2. The molecule has 0 aliphatic carbocycles. The van der Waals surface area contributed by atoms with Gasteiger partial charge < -0.3 is 16.0 Å². The number of hydrogen-bond acceptors (Lipinski definition) is 3. The van der Waals surface area contributed by atoms with Crippen LogP contribution in [0.5, 0.6) is 0 Å². The van der Waals surface area contributed by atoms with Crippen molar-refractivity contribution in [2.24, 2.45) is 11.7 Å². The Hall–Kier alpha value is -0.610. The molecule has 1 rings (SSSR count). The van der Waals surface area contributed by atoms with Crippen LogP contribution < -0.4 is 11.1 Å². The first-order valence-electron chi connectivity index (χ1n) is 6.45. The van der Waals surface area contributed by atoms with Gasteiger partial charge in [-0.25, -0.2) is 0 Å². The van der Waals surface area contributed by atoms with Crippen LogP contribution in [-0.2, 0) is 4.79 Å². The fourth-order valence-corrected chi connectivity index (χ4v) is 2.28. The lowest BCUT2D eigenvalue weighted by molar-refractivity contribution is -0.121. The number of carbonyl (C=O) groups excluding carboxylic acids is 1. The maximum Gasteiger partial charge on any atom is 0.219 e. The minimum atomic E-state index is 0.193. The van der Waals surface area contributed by atoms with E-state index < -0.39 is 0 Å². The molecule has 0 bridgehead atoms. The van der Waals surface area contributed by atoms with E-state index in [1.54, 1.807) is 0 Å². The number of amides is 1. The van der Waals surface area contributed by atoms with Crippen molar-refractivity contribution in [3.05, 3.63) is 0 Å². The molecular weight excluding hydrogens is 202 g/mol. The smallest absolute Gasteiger partial charge is 0.219 e. The van der Waals surface area contributed by atoms with Crippen LogP contribution in [0.15, 0.2) is 0 Å². The summed E-state index contributed by atoms with van der Waals surface area (Å²) in [5.74, 6) is 0.805. The Morgan fingerprint density at radius 1 is 1.56 bits per heavy atom. The topological polar surface area (TPSA) is 58.4 Å². The van der Waals surface area contributed by atoms with Crippen LogP contribution in [0.25, 0.3) is 0 Å². The molecule has 1 amide bonds. The molecule has 3 N–H and O–H groups in total. The van der Waals surface area contributed by atoms with Crippen molar-refractivity contribution in [2.45, 2.75) is 32.6 Å². The summed E-state index contributed by atoms with van der Waals surface area (Å²) in [5, 5.41) is 3.02. The van der Waals surface area contributed by atoms with Crippen LogP contribution in [0.4, 0.5) is 0 Å². The first-order valence-corrected chi connectivity index (χ1v) is 6.45. The van der Waals surface area contributed by atoms with Gasteiger partial charge in [-0.3, -0.25) is 4.79 Å². The molecule has 1 saturated heterocycles. The number of nitrogens with two attached hydrogens (primary N) is 1. The van der Waals surface area contributed by atoms with Crippen LogP contribution in [-0.4, -0.2) is 43.5 Å². The van der Waals surface area contributed by atoms with E-state index in [0.717, 1.165) is 39.1 Å². The van der Waals surface area contributed by atoms with Crippen molar-refractivity contribution in [3.8, 4) is 0 Å². The van der Waals surface area contributed by atoms with E-state index in [2.05, 4.69) is 10.2 Å². The molecule has 0 aromatic rings. The summed E-state index contributed by atoms with van der Waals surface area (Å²) in [6.45, 7) is 6.83. The summed E-state index contributed by atoms with van der Waals surface area (Å²) in [4.78, 5) is 13.8. The molecule has 1 atom stereocenters. The third-order valence-corrected chi connectivity index (χ3v) is 3.11. The van der Waals surface area contributed by atoms with Crippen LogP contribution in [0.1, 0.15) is 32.6 Å². The van der Waals surface area contributed by atoms with Gasteiger partial charge in [0.1, 0.15) is 0 Å². The fourth-order valence-electron chi connectivity index (χ4n) is 2.28. The van der Waals surface area contributed by atoms with Gasteiger partial charge in [0.2, 0.25) is 5.91 Å². The summed E-state index contributed by atoms with van der Waals surface area (Å²) in [5.41, 5.74) is 5.56. The highest BCUT2D eigenvalue weighted by Crippen LogP contribution is 2.15. The van der Waals surface area contributed by atoms with E-state index in [9.17, 15) is 4.79 Å². The molecule has 94 valence electrons. The number of carbonyl (C=O) groups is 1. The lowest BCUT2D eigenvalue weighted by atomic mass is 9.98. The molecular formula is C12H25N3O. The van der Waals surface area contributed by atoms with Crippen LogP contribution in [0.3, 0.4) is 0 Å². The molecule has 1 heterocycles. The van der Waals surface area contributed by atoms with Gasteiger partial charge in [0, 0.05) is 32.6 Å². The molecule has 0 radical (unpaired) electrons. The quantitative estimate of drug-likeness (QED) is 0.697. The average Bonchev–Trinajstić information content (AvgIpc) is 2.28. The summed E-state index contributed by atoms with van der Waals surface area (Å²) >= 11 is 0. The summed E-state index contributed by atoms with van der Waals surface area (Å²) in [6, 6.07) is 0. The Kier molecular flexibility index (Phi) is 6.42. The van der Waals surface area contributed by atoms with Crippen LogP contribution in [0.2, 0.25) is 0 Å². The molecule has 1 aliphatic heterocycles. The summed E-state index contributed by atoms with van der Waals surface area (Å²) < 4.78 is 0. The van der Waals surface area contributed by atoms with E-state index in [1.807, 2.05) is 6.92 Å². The second-order valence-corrected chi connectivity index (χ2v) is 4.65. The van der Waals surface area contributed by atoms with Crippen LogP contribution in [0, 0.1) is 5.92 Å². The van der Waals surface area contributed by atoms with E-state index in [1.165, 1.54) is 12.8 Å². The van der Waals surface area contributed by atoms with Gasteiger partial charge in [-0.05, 0) is 31.7 Å². The minimum Gasteiger partial charge on any atom is -0.356 e. The average molecular weight is 227 g/mol. The molecule has 1 aliphatic rings. The Labute approximate surface area is 98.6 Å². The Morgan fingerprint density at radius 3 is 3.06 bits per heavy atom. The van der Waals surface area contributed by atoms with Gasteiger partial charge in [-0.15, -0.1) is 0 Å². The lowest BCUT2D eigenvalue weighted by Crippen LogP contribution is -2.42.